The monoisotopic (exact) mass is 327 g/mol. The lowest BCUT2D eigenvalue weighted by atomic mass is 10.2. The first kappa shape index (κ1) is 17.8. The number of hydrogen-bond donors (Lipinski definition) is 1. The standard InChI is InChI=1S/C19H25N3O2/c1-4-5-12-22(2)19(23)17-13-16(10-11-20-17)21-14-15-8-6-7-9-18(15)24-3/h6-11,13H,4-5,12,14H2,1-3H3,(H,20,21). The van der Waals surface area contributed by atoms with Gasteiger partial charge in [0.1, 0.15) is 11.4 Å². The van der Waals surface area contributed by atoms with Gasteiger partial charge >= 0.3 is 0 Å². The number of aromatic nitrogens is 1. The Kier molecular flexibility index (Phi) is 6.61. The number of anilines is 1. The van der Waals surface area contributed by atoms with Gasteiger partial charge in [-0.05, 0) is 24.6 Å². The Balaban J connectivity index is 2.03. The van der Waals surface area contributed by atoms with Crippen molar-refractivity contribution in [2.24, 2.45) is 0 Å². The van der Waals surface area contributed by atoms with Crippen molar-refractivity contribution in [3.05, 3.63) is 53.9 Å². The average molecular weight is 327 g/mol. The van der Waals surface area contributed by atoms with Crippen LogP contribution >= 0.6 is 0 Å². The smallest absolute Gasteiger partial charge is 0.272 e. The molecule has 0 spiro atoms. The van der Waals surface area contributed by atoms with Crippen molar-refractivity contribution in [3.63, 3.8) is 0 Å². The lowest BCUT2D eigenvalue weighted by Gasteiger charge is -2.16. The molecule has 24 heavy (non-hydrogen) atoms. The van der Waals surface area contributed by atoms with Crippen LogP contribution in [-0.2, 0) is 6.54 Å². The van der Waals surface area contributed by atoms with Gasteiger partial charge < -0.3 is 15.0 Å². The summed E-state index contributed by atoms with van der Waals surface area (Å²) in [5.41, 5.74) is 2.38. The molecule has 0 aliphatic heterocycles. The quantitative estimate of drug-likeness (QED) is 0.805. The number of pyridine rings is 1. The van der Waals surface area contributed by atoms with E-state index in [0.717, 1.165) is 36.4 Å². The summed E-state index contributed by atoms with van der Waals surface area (Å²) < 4.78 is 5.35. The number of nitrogens with one attached hydrogen (secondary N) is 1. The Labute approximate surface area is 143 Å². The van der Waals surface area contributed by atoms with E-state index in [1.807, 2.05) is 37.4 Å². The van der Waals surface area contributed by atoms with Gasteiger partial charge in [0.25, 0.3) is 5.91 Å². The third-order valence-corrected chi connectivity index (χ3v) is 3.85. The van der Waals surface area contributed by atoms with Gasteiger partial charge in [-0.1, -0.05) is 31.5 Å². The highest BCUT2D eigenvalue weighted by Crippen LogP contribution is 2.19. The molecular weight excluding hydrogens is 302 g/mol. The maximum Gasteiger partial charge on any atom is 0.272 e. The van der Waals surface area contributed by atoms with E-state index in [1.54, 1.807) is 24.3 Å². The fourth-order valence-electron chi connectivity index (χ4n) is 2.40. The number of rotatable bonds is 8. The van der Waals surface area contributed by atoms with E-state index in [4.69, 9.17) is 4.74 Å². The van der Waals surface area contributed by atoms with Crippen LogP contribution in [0.2, 0.25) is 0 Å². The molecule has 0 radical (unpaired) electrons. The summed E-state index contributed by atoms with van der Waals surface area (Å²) in [5.74, 6) is 0.791. The van der Waals surface area contributed by atoms with Gasteiger partial charge in [0.2, 0.25) is 0 Å². The number of para-hydroxylation sites is 1. The van der Waals surface area contributed by atoms with Gasteiger partial charge in [-0.15, -0.1) is 0 Å². The van der Waals surface area contributed by atoms with Gasteiger partial charge in [-0.25, -0.2) is 0 Å². The summed E-state index contributed by atoms with van der Waals surface area (Å²) in [6, 6.07) is 11.5. The number of hydrogen-bond acceptors (Lipinski definition) is 4. The van der Waals surface area contributed by atoms with Crippen molar-refractivity contribution in [1.82, 2.24) is 9.88 Å². The third-order valence-electron chi connectivity index (χ3n) is 3.85. The lowest BCUT2D eigenvalue weighted by Crippen LogP contribution is -2.28. The van der Waals surface area contributed by atoms with Crippen LogP contribution in [0.3, 0.4) is 0 Å². The molecule has 2 aromatic rings. The lowest BCUT2D eigenvalue weighted by molar-refractivity contribution is 0.0787. The molecule has 0 saturated carbocycles. The van der Waals surface area contributed by atoms with E-state index in [0.29, 0.717) is 12.2 Å². The minimum Gasteiger partial charge on any atom is -0.496 e. The van der Waals surface area contributed by atoms with Crippen LogP contribution in [0.25, 0.3) is 0 Å². The van der Waals surface area contributed by atoms with Crippen LogP contribution in [0.15, 0.2) is 42.6 Å². The molecule has 1 N–H and O–H groups in total. The number of benzene rings is 1. The van der Waals surface area contributed by atoms with Crippen LogP contribution in [0, 0.1) is 0 Å². The first-order valence-electron chi connectivity index (χ1n) is 8.23. The summed E-state index contributed by atoms with van der Waals surface area (Å²) in [6.45, 7) is 3.47. The molecule has 0 aliphatic carbocycles. The Morgan fingerprint density at radius 2 is 2.08 bits per heavy atom. The van der Waals surface area contributed by atoms with E-state index in [9.17, 15) is 4.79 Å². The van der Waals surface area contributed by atoms with Gasteiger partial charge in [-0.3, -0.25) is 9.78 Å². The zero-order valence-electron chi connectivity index (χ0n) is 14.6. The van der Waals surface area contributed by atoms with Crippen LogP contribution in [0.1, 0.15) is 35.8 Å². The Bertz CT molecular complexity index is 673. The molecule has 0 aliphatic rings. The van der Waals surface area contributed by atoms with E-state index in [2.05, 4.69) is 17.2 Å². The number of methoxy groups -OCH3 is 1. The van der Waals surface area contributed by atoms with Gasteiger partial charge in [0.05, 0.1) is 7.11 Å². The van der Waals surface area contributed by atoms with Crippen LogP contribution < -0.4 is 10.1 Å². The fourth-order valence-corrected chi connectivity index (χ4v) is 2.40. The third kappa shape index (κ3) is 4.72. The molecule has 5 nitrogen and oxygen atoms in total. The zero-order chi connectivity index (χ0) is 17.4. The SMILES string of the molecule is CCCCN(C)C(=O)c1cc(NCc2ccccc2OC)ccn1. The first-order valence-corrected chi connectivity index (χ1v) is 8.23. The Hall–Kier alpha value is -2.56. The van der Waals surface area contributed by atoms with E-state index < -0.39 is 0 Å². The Morgan fingerprint density at radius 1 is 1.29 bits per heavy atom. The zero-order valence-corrected chi connectivity index (χ0v) is 14.6. The highest BCUT2D eigenvalue weighted by Gasteiger charge is 2.13. The number of ether oxygens (including phenoxy) is 1. The van der Waals surface area contributed by atoms with Crippen LogP contribution in [-0.4, -0.2) is 36.5 Å². The van der Waals surface area contributed by atoms with Crippen molar-refractivity contribution in [3.8, 4) is 5.75 Å². The molecule has 128 valence electrons. The molecule has 1 heterocycles. The van der Waals surface area contributed by atoms with E-state index >= 15 is 0 Å². The molecule has 0 atom stereocenters. The minimum atomic E-state index is -0.0515. The second-order valence-electron chi connectivity index (χ2n) is 5.68. The van der Waals surface area contributed by atoms with Gasteiger partial charge in [-0.2, -0.15) is 0 Å². The molecule has 5 heteroatoms. The maximum atomic E-state index is 12.4. The topological polar surface area (TPSA) is 54.5 Å². The first-order chi connectivity index (χ1) is 11.7. The summed E-state index contributed by atoms with van der Waals surface area (Å²) >= 11 is 0. The fraction of sp³-hybridized carbons (Fsp3) is 0.368. The molecule has 0 saturated heterocycles. The Morgan fingerprint density at radius 3 is 2.83 bits per heavy atom. The number of carbonyl (C=O) groups is 1. The van der Waals surface area contributed by atoms with E-state index in [1.165, 1.54) is 0 Å². The van der Waals surface area contributed by atoms with Crippen LogP contribution in [0.4, 0.5) is 5.69 Å². The molecule has 0 bridgehead atoms. The molecule has 2 rings (SSSR count). The normalized spacial score (nSPS) is 10.3. The average Bonchev–Trinajstić information content (AvgIpc) is 2.64. The van der Waals surface area contributed by atoms with Gasteiger partial charge in [0, 0.05) is 37.6 Å². The molecule has 1 aromatic carbocycles. The number of nitrogens with zero attached hydrogens (tertiary/aromatic N) is 2. The number of unbranched alkanes of at least 4 members (excludes halogenated alkanes) is 1. The predicted octanol–water partition coefficient (Wildman–Crippen LogP) is 3.57. The highest BCUT2D eigenvalue weighted by atomic mass is 16.5. The van der Waals surface area contributed by atoms with Crippen molar-refractivity contribution < 1.29 is 9.53 Å². The number of amides is 1. The van der Waals surface area contributed by atoms with Crippen molar-refractivity contribution in [2.45, 2.75) is 26.3 Å². The molecular formula is C19H25N3O2. The summed E-state index contributed by atoms with van der Waals surface area (Å²) in [6.07, 6.45) is 3.71. The largest absolute Gasteiger partial charge is 0.496 e. The molecule has 0 fully saturated rings. The highest BCUT2D eigenvalue weighted by molar-refractivity contribution is 5.92. The van der Waals surface area contributed by atoms with Crippen molar-refractivity contribution >= 4 is 11.6 Å². The second kappa shape index (κ2) is 8.91. The molecule has 1 aromatic heterocycles. The summed E-state index contributed by atoms with van der Waals surface area (Å²) in [4.78, 5) is 18.3. The van der Waals surface area contributed by atoms with Gasteiger partial charge in [0.15, 0.2) is 0 Å². The maximum absolute atomic E-state index is 12.4. The number of carbonyl (C=O) groups excluding carboxylic acids is 1. The molecule has 1 amide bonds. The van der Waals surface area contributed by atoms with Crippen molar-refractivity contribution in [1.29, 1.82) is 0 Å². The van der Waals surface area contributed by atoms with E-state index in [-0.39, 0.29) is 5.91 Å². The van der Waals surface area contributed by atoms with Crippen molar-refractivity contribution in [2.75, 3.05) is 26.0 Å². The minimum absolute atomic E-state index is 0.0515. The second-order valence-corrected chi connectivity index (χ2v) is 5.68. The summed E-state index contributed by atoms with van der Waals surface area (Å²) in [7, 11) is 3.47. The predicted molar refractivity (Wildman–Crippen MR) is 96.4 cm³/mol. The summed E-state index contributed by atoms with van der Waals surface area (Å²) in [5, 5.41) is 3.32. The molecule has 0 unspecified atom stereocenters. The van der Waals surface area contributed by atoms with Crippen LogP contribution in [0.5, 0.6) is 5.75 Å².